The number of aromatic nitrogens is 2. The van der Waals surface area contributed by atoms with Crippen LogP contribution in [0.5, 0.6) is 0 Å². The summed E-state index contributed by atoms with van der Waals surface area (Å²) >= 11 is 3.29. The SMILES string of the molecule is CC(C)(CCN)CNc1ncc(Br)cn1. The van der Waals surface area contributed by atoms with Gasteiger partial charge in [0, 0.05) is 18.9 Å². The van der Waals surface area contributed by atoms with Gasteiger partial charge in [0.1, 0.15) is 0 Å². The molecular formula is C10H17BrN4. The number of nitrogens with zero attached hydrogens (tertiary/aromatic N) is 2. The number of hydrogen-bond acceptors (Lipinski definition) is 4. The monoisotopic (exact) mass is 272 g/mol. The molecule has 0 bridgehead atoms. The quantitative estimate of drug-likeness (QED) is 0.861. The summed E-state index contributed by atoms with van der Waals surface area (Å²) in [7, 11) is 0. The molecule has 0 aromatic carbocycles. The van der Waals surface area contributed by atoms with Crippen LogP contribution in [0.1, 0.15) is 20.3 Å². The highest BCUT2D eigenvalue weighted by atomic mass is 79.9. The maximum absolute atomic E-state index is 5.54. The number of nitrogens with two attached hydrogens (primary N) is 1. The molecule has 4 nitrogen and oxygen atoms in total. The first kappa shape index (κ1) is 12.4. The highest BCUT2D eigenvalue weighted by molar-refractivity contribution is 9.10. The van der Waals surface area contributed by atoms with Crippen LogP contribution in [0.25, 0.3) is 0 Å². The van der Waals surface area contributed by atoms with E-state index >= 15 is 0 Å². The first-order chi connectivity index (χ1) is 7.03. The van der Waals surface area contributed by atoms with E-state index in [0.717, 1.165) is 17.4 Å². The third-order valence-corrected chi connectivity index (χ3v) is 2.58. The van der Waals surface area contributed by atoms with E-state index in [0.29, 0.717) is 12.5 Å². The van der Waals surface area contributed by atoms with Gasteiger partial charge in [-0.2, -0.15) is 0 Å². The van der Waals surface area contributed by atoms with E-state index in [9.17, 15) is 0 Å². The molecule has 5 heteroatoms. The summed E-state index contributed by atoms with van der Waals surface area (Å²) in [4.78, 5) is 8.28. The molecule has 0 fully saturated rings. The van der Waals surface area contributed by atoms with E-state index in [2.05, 4.69) is 45.1 Å². The lowest BCUT2D eigenvalue weighted by molar-refractivity contribution is 0.364. The Kier molecular flexibility index (Phi) is 4.47. The molecule has 0 saturated heterocycles. The smallest absolute Gasteiger partial charge is 0.222 e. The maximum atomic E-state index is 5.54. The molecule has 1 aromatic heterocycles. The van der Waals surface area contributed by atoms with Crippen molar-refractivity contribution < 1.29 is 0 Å². The van der Waals surface area contributed by atoms with E-state index in [1.165, 1.54) is 0 Å². The number of halogens is 1. The molecule has 0 aliphatic carbocycles. The van der Waals surface area contributed by atoms with Crippen LogP contribution in [0.3, 0.4) is 0 Å². The van der Waals surface area contributed by atoms with Gasteiger partial charge in [0.05, 0.1) is 4.47 Å². The van der Waals surface area contributed by atoms with Gasteiger partial charge in [0.15, 0.2) is 0 Å². The van der Waals surface area contributed by atoms with Crippen molar-refractivity contribution in [2.75, 3.05) is 18.4 Å². The fourth-order valence-electron chi connectivity index (χ4n) is 1.20. The molecule has 0 aliphatic heterocycles. The third-order valence-electron chi connectivity index (χ3n) is 2.17. The zero-order chi connectivity index (χ0) is 11.3. The van der Waals surface area contributed by atoms with Crippen LogP contribution in [0, 0.1) is 5.41 Å². The minimum Gasteiger partial charge on any atom is -0.354 e. The Morgan fingerprint density at radius 3 is 2.53 bits per heavy atom. The summed E-state index contributed by atoms with van der Waals surface area (Å²) in [6.07, 6.45) is 4.44. The van der Waals surface area contributed by atoms with Gasteiger partial charge in [-0.15, -0.1) is 0 Å². The molecule has 0 aliphatic rings. The second-order valence-electron chi connectivity index (χ2n) is 4.28. The zero-order valence-corrected chi connectivity index (χ0v) is 10.7. The zero-order valence-electron chi connectivity index (χ0n) is 9.13. The molecule has 0 saturated carbocycles. The van der Waals surface area contributed by atoms with Crippen LogP contribution < -0.4 is 11.1 Å². The standard InChI is InChI=1S/C10H17BrN4/c1-10(2,3-4-12)7-15-9-13-5-8(11)6-14-9/h5-6H,3-4,7,12H2,1-2H3,(H,13,14,15). The highest BCUT2D eigenvalue weighted by Crippen LogP contribution is 2.19. The molecule has 0 atom stereocenters. The Labute approximate surface area is 98.8 Å². The van der Waals surface area contributed by atoms with Gasteiger partial charge in [-0.3, -0.25) is 0 Å². The molecule has 0 amide bonds. The molecule has 3 N–H and O–H groups in total. The molecule has 1 rings (SSSR count). The summed E-state index contributed by atoms with van der Waals surface area (Å²) in [6, 6.07) is 0. The van der Waals surface area contributed by atoms with E-state index in [-0.39, 0.29) is 5.41 Å². The van der Waals surface area contributed by atoms with E-state index in [1.54, 1.807) is 12.4 Å². The van der Waals surface area contributed by atoms with E-state index in [1.807, 2.05) is 0 Å². The average molecular weight is 273 g/mol. The van der Waals surface area contributed by atoms with Crippen LogP contribution in [-0.4, -0.2) is 23.1 Å². The normalized spacial score (nSPS) is 11.5. The molecule has 84 valence electrons. The summed E-state index contributed by atoms with van der Waals surface area (Å²) in [5.74, 6) is 0.656. The topological polar surface area (TPSA) is 63.8 Å². The molecule has 0 radical (unpaired) electrons. The Morgan fingerprint density at radius 1 is 1.40 bits per heavy atom. The van der Waals surface area contributed by atoms with Gasteiger partial charge in [-0.05, 0) is 34.3 Å². The van der Waals surface area contributed by atoms with Crippen LogP contribution in [0.2, 0.25) is 0 Å². The second kappa shape index (κ2) is 5.42. The summed E-state index contributed by atoms with van der Waals surface area (Å²) < 4.78 is 0.884. The molecule has 1 heterocycles. The Balaban J connectivity index is 2.46. The lowest BCUT2D eigenvalue weighted by atomic mass is 9.89. The lowest BCUT2D eigenvalue weighted by Gasteiger charge is -2.23. The highest BCUT2D eigenvalue weighted by Gasteiger charge is 2.16. The second-order valence-corrected chi connectivity index (χ2v) is 5.20. The van der Waals surface area contributed by atoms with Crippen molar-refractivity contribution in [3.05, 3.63) is 16.9 Å². The molecule has 0 unspecified atom stereocenters. The summed E-state index contributed by atoms with van der Waals surface area (Å²) in [6.45, 7) is 5.87. The average Bonchev–Trinajstić information content (AvgIpc) is 2.17. The van der Waals surface area contributed by atoms with Crippen LogP contribution in [-0.2, 0) is 0 Å². The Bertz CT molecular complexity index is 297. The van der Waals surface area contributed by atoms with Gasteiger partial charge in [-0.25, -0.2) is 9.97 Å². The first-order valence-corrected chi connectivity index (χ1v) is 5.74. The predicted molar refractivity (Wildman–Crippen MR) is 65.7 cm³/mol. The Morgan fingerprint density at radius 2 is 2.00 bits per heavy atom. The van der Waals surface area contributed by atoms with Crippen molar-refractivity contribution in [1.82, 2.24) is 9.97 Å². The van der Waals surface area contributed by atoms with Gasteiger partial charge >= 0.3 is 0 Å². The van der Waals surface area contributed by atoms with Crippen LogP contribution >= 0.6 is 15.9 Å². The van der Waals surface area contributed by atoms with Gasteiger partial charge in [-0.1, -0.05) is 13.8 Å². The van der Waals surface area contributed by atoms with Crippen molar-refractivity contribution in [1.29, 1.82) is 0 Å². The fourth-order valence-corrected chi connectivity index (χ4v) is 1.41. The minimum absolute atomic E-state index is 0.172. The van der Waals surface area contributed by atoms with E-state index < -0.39 is 0 Å². The summed E-state index contributed by atoms with van der Waals surface area (Å²) in [5, 5.41) is 3.20. The van der Waals surface area contributed by atoms with Crippen molar-refractivity contribution in [3.63, 3.8) is 0 Å². The summed E-state index contributed by atoms with van der Waals surface area (Å²) in [5.41, 5.74) is 5.71. The molecule has 0 spiro atoms. The van der Waals surface area contributed by atoms with Crippen LogP contribution in [0.4, 0.5) is 5.95 Å². The molecule has 15 heavy (non-hydrogen) atoms. The maximum Gasteiger partial charge on any atom is 0.222 e. The van der Waals surface area contributed by atoms with Gasteiger partial charge < -0.3 is 11.1 Å². The number of nitrogens with one attached hydrogen (secondary N) is 1. The minimum atomic E-state index is 0.172. The van der Waals surface area contributed by atoms with Crippen molar-refractivity contribution in [3.8, 4) is 0 Å². The third kappa shape index (κ3) is 4.57. The number of anilines is 1. The van der Waals surface area contributed by atoms with Gasteiger partial charge in [0.25, 0.3) is 0 Å². The molecular weight excluding hydrogens is 256 g/mol. The largest absolute Gasteiger partial charge is 0.354 e. The predicted octanol–water partition coefficient (Wildman–Crippen LogP) is 2.03. The van der Waals surface area contributed by atoms with E-state index in [4.69, 9.17) is 5.73 Å². The fraction of sp³-hybridized carbons (Fsp3) is 0.600. The first-order valence-electron chi connectivity index (χ1n) is 4.95. The van der Waals surface area contributed by atoms with Crippen molar-refractivity contribution >= 4 is 21.9 Å². The van der Waals surface area contributed by atoms with Crippen molar-refractivity contribution in [2.24, 2.45) is 11.1 Å². The number of hydrogen-bond donors (Lipinski definition) is 2. The number of rotatable bonds is 5. The van der Waals surface area contributed by atoms with Crippen LogP contribution in [0.15, 0.2) is 16.9 Å². The van der Waals surface area contributed by atoms with Gasteiger partial charge in [0.2, 0.25) is 5.95 Å². The molecule has 1 aromatic rings. The van der Waals surface area contributed by atoms with Crippen molar-refractivity contribution in [2.45, 2.75) is 20.3 Å². The lowest BCUT2D eigenvalue weighted by Crippen LogP contribution is -2.26. The Hall–Kier alpha value is -0.680.